The van der Waals surface area contributed by atoms with E-state index in [-0.39, 0.29) is 4.90 Å². The van der Waals surface area contributed by atoms with Crippen LogP contribution in [0.25, 0.3) is 11.1 Å². The summed E-state index contributed by atoms with van der Waals surface area (Å²) in [5.74, 6) is 1.08. The number of hydrogen-bond acceptors (Lipinski definition) is 6. The molecular formula is C18H16N3O4S. The van der Waals surface area contributed by atoms with Gasteiger partial charge in [0, 0.05) is 0 Å². The molecule has 3 aromatic rings. The molecule has 1 heterocycles. The Labute approximate surface area is 150 Å². The Balaban J connectivity index is 1.71. The third kappa shape index (κ3) is 3.80. The summed E-state index contributed by atoms with van der Waals surface area (Å²) < 4.78 is 28.5. The van der Waals surface area contributed by atoms with E-state index in [2.05, 4.69) is 10.1 Å². The zero-order valence-corrected chi connectivity index (χ0v) is 14.7. The SMILES string of the molecule is Cc1noc([CH]Cc2ccc(-c3ccc(S(=O)(=O)C(N)=O)cc3)cc2)n1. The number of rotatable bonds is 5. The average Bonchev–Trinajstić information content (AvgIpc) is 3.06. The van der Waals surface area contributed by atoms with Crippen LogP contribution in [-0.4, -0.2) is 23.8 Å². The van der Waals surface area contributed by atoms with Crippen LogP contribution in [0.3, 0.4) is 0 Å². The maximum absolute atomic E-state index is 11.7. The Morgan fingerprint density at radius 3 is 2.15 bits per heavy atom. The number of carbonyl (C=O) groups is 1. The third-order valence-electron chi connectivity index (χ3n) is 3.77. The van der Waals surface area contributed by atoms with E-state index in [1.54, 1.807) is 19.1 Å². The topological polar surface area (TPSA) is 116 Å². The van der Waals surface area contributed by atoms with Crippen LogP contribution in [0.5, 0.6) is 0 Å². The minimum Gasteiger partial charge on any atom is -0.356 e. The number of nitrogens with zero attached hydrogens (tertiary/aromatic N) is 2. The van der Waals surface area contributed by atoms with E-state index in [9.17, 15) is 13.2 Å². The molecule has 0 aliphatic rings. The van der Waals surface area contributed by atoms with Gasteiger partial charge in [0.15, 0.2) is 5.82 Å². The molecule has 26 heavy (non-hydrogen) atoms. The minimum atomic E-state index is -4.10. The van der Waals surface area contributed by atoms with E-state index in [4.69, 9.17) is 10.3 Å². The standard InChI is InChI=1S/C18H16N3O4S/c1-12-20-17(25-21-12)11-4-13-2-5-14(6-3-13)15-7-9-16(10-8-15)26(23,24)18(19)22/h2-3,5-11H,4H2,1H3,(H2,19,22). The molecule has 0 spiro atoms. The van der Waals surface area contributed by atoms with Gasteiger partial charge in [-0.15, -0.1) is 0 Å². The van der Waals surface area contributed by atoms with Crippen molar-refractivity contribution in [2.24, 2.45) is 5.73 Å². The third-order valence-corrected chi connectivity index (χ3v) is 5.19. The summed E-state index contributed by atoms with van der Waals surface area (Å²) in [6.07, 6.45) is 2.50. The Kier molecular flexibility index (Phi) is 4.85. The zero-order chi connectivity index (χ0) is 18.7. The highest BCUT2D eigenvalue weighted by Crippen LogP contribution is 2.23. The molecule has 0 aliphatic heterocycles. The van der Waals surface area contributed by atoms with Gasteiger partial charge in [0.1, 0.15) is 0 Å². The largest absolute Gasteiger partial charge is 0.356 e. The highest BCUT2D eigenvalue weighted by molar-refractivity contribution is 8.06. The average molecular weight is 370 g/mol. The van der Waals surface area contributed by atoms with Crippen molar-refractivity contribution in [1.29, 1.82) is 0 Å². The number of aromatic nitrogens is 2. The maximum Gasteiger partial charge on any atom is 0.338 e. The predicted octanol–water partition coefficient (Wildman–Crippen LogP) is 2.69. The van der Waals surface area contributed by atoms with E-state index < -0.39 is 15.1 Å². The molecule has 0 aliphatic carbocycles. The second-order valence-electron chi connectivity index (χ2n) is 5.63. The number of primary amides is 1. The van der Waals surface area contributed by atoms with Gasteiger partial charge in [-0.3, -0.25) is 4.79 Å². The lowest BCUT2D eigenvalue weighted by Gasteiger charge is -2.05. The smallest absolute Gasteiger partial charge is 0.338 e. The van der Waals surface area contributed by atoms with Crippen molar-refractivity contribution in [2.45, 2.75) is 18.2 Å². The molecule has 0 unspecified atom stereocenters. The molecule has 0 bridgehead atoms. The monoisotopic (exact) mass is 370 g/mol. The molecule has 1 radical (unpaired) electrons. The van der Waals surface area contributed by atoms with E-state index in [1.165, 1.54) is 12.1 Å². The van der Waals surface area contributed by atoms with Gasteiger partial charge in [0.25, 0.3) is 9.84 Å². The maximum atomic E-state index is 11.7. The van der Waals surface area contributed by atoms with Crippen molar-refractivity contribution in [1.82, 2.24) is 10.1 Å². The van der Waals surface area contributed by atoms with Gasteiger partial charge >= 0.3 is 5.24 Å². The molecule has 0 saturated heterocycles. The van der Waals surface area contributed by atoms with Crippen molar-refractivity contribution in [3.8, 4) is 11.1 Å². The van der Waals surface area contributed by atoms with E-state index >= 15 is 0 Å². The molecule has 7 nitrogen and oxygen atoms in total. The first-order chi connectivity index (χ1) is 12.4. The summed E-state index contributed by atoms with van der Waals surface area (Å²) >= 11 is 0. The van der Waals surface area contributed by atoms with Crippen molar-refractivity contribution in [3.05, 3.63) is 72.2 Å². The van der Waals surface area contributed by atoms with E-state index in [0.29, 0.717) is 18.1 Å². The molecular weight excluding hydrogens is 354 g/mol. The number of amides is 1. The quantitative estimate of drug-likeness (QED) is 0.738. The van der Waals surface area contributed by atoms with Gasteiger partial charge in [-0.05, 0) is 42.2 Å². The Bertz CT molecular complexity index is 1020. The molecule has 1 aromatic heterocycles. The number of sulfone groups is 1. The van der Waals surface area contributed by atoms with Crippen molar-refractivity contribution in [3.63, 3.8) is 0 Å². The predicted molar refractivity (Wildman–Crippen MR) is 94.8 cm³/mol. The molecule has 0 atom stereocenters. The molecule has 133 valence electrons. The normalized spacial score (nSPS) is 11.4. The van der Waals surface area contributed by atoms with Crippen LogP contribution in [0.1, 0.15) is 17.3 Å². The minimum absolute atomic E-state index is 0.116. The number of carbonyl (C=O) groups excluding carboxylic acids is 1. The summed E-state index contributed by atoms with van der Waals surface area (Å²) in [6, 6.07) is 13.8. The highest BCUT2D eigenvalue weighted by Gasteiger charge is 2.21. The lowest BCUT2D eigenvalue weighted by Crippen LogP contribution is -2.21. The lowest BCUT2D eigenvalue weighted by atomic mass is 10.0. The van der Waals surface area contributed by atoms with Crippen LogP contribution < -0.4 is 5.73 Å². The van der Waals surface area contributed by atoms with Crippen LogP contribution in [0.4, 0.5) is 4.79 Å². The van der Waals surface area contributed by atoms with Crippen molar-refractivity contribution < 1.29 is 17.7 Å². The van der Waals surface area contributed by atoms with Crippen LogP contribution in [0, 0.1) is 13.3 Å². The summed E-state index contributed by atoms with van der Waals surface area (Å²) in [7, 11) is -4.10. The second kappa shape index (κ2) is 7.09. The fraction of sp³-hybridized carbons (Fsp3) is 0.111. The molecule has 0 fully saturated rings. The van der Waals surface area contributed by atoms with Gasteiger partial charge < -0.3 is 10.3 Å². The zero-order valence-electron chi connectivity index (χ0n) is 13.9. The second-order valence-corrected chi connectivity index (χ2v) is 7.51. The first-order valence-corrected chi connectivity index (χ1v) is 9.22. The Morgan fingerprint density at radius 2 is 1.65 bits per heavy atom. The summed E-state index contributed by atoms with van der Waals surface area (Å²) in [4.78, 5) is 15.0. The molecule has 2 N–H and O–H groups in total. The highest BCUT2D eigenvalue weighted by atomic mass is 32.2. The summed E-state index contributed by atoms with van der Waals surface area (Å²) in [5, 5.41) is 2.37. The first-order valence-electron chi connectivity index (χ1n) is 7.74. The van der Waals surface area contributed by atoms with E-state index in [0.717, 1.165) is 16.7 Å². The van der Waals surface area contributed by atoms with Crippen LogP contribution >= 0.6 is 0 Å². The number of aryl methyl sites for hydroxylation is 1. The van der Waals surface area contributed by atoms with Crippen LogP contribution in [-0.2, 0) is 16.3 Å². The molecule has 1 amide bonds. The first kappa shape index (κ1) is 17.8. The van der Waals surface area contributed by atoms with Gasteiger partial charge in [-0.1, -0.05) is 41.6 Å². The van der Waals surface area contributed by atoms with Crippen molar-refractivity contribution >= 4 is 15.1 Å². The molecule has 3 rings (SSSR count). The molecule has 8 heteroatoms. The van der Waals surface area contributed by atoms with Crippen molar-refractivity contribution in [2.75, 3.05) is 0 Å². The number of benzene rings is 2. The van der Waals surface area contributed by atoms with Gasteiger partial charge in [-0.25, -0.2) is 8.42 Å². The summed E-state index contributed by atoms with van der Waals surface area (Å²) in [5.41, 5.74) is 7.71. The number of nitrogens with two attached hydrogens (primary N) is 1. The fourth-order valence-electron chi connectivity index (χ4n) is 2.38. The lowest BCUT2D eigenvalue weighted by molar-refractivity contribution is 0.265. The van der Waals surface area contributed by atoms with Crippen LogP contribution in [0.2, 0.25) is 0 Å². The van der Waals surface area contributed by atoms with E-state index in [1.807, 2.05) is 30.7 Å². The fourth-order valence-corrected chi connectivity index (χ4v) is 3.10. The van der Waals surface area contributed by atoms with Gasteiger partial charge in [0.05, 0.1) is 11.3 Å². The Hall–Kier alpha value is -3.00. The molecule has 2 aromatic carbocycles. The number of hydrogen-bond donors (Lipinski definition) is 1. The molecule has 0 saturated carbocycles. The van der Waals surface area contributed by atoms with Gasteiger partial charge in [-0.2, -0.15) is 4.98 Å². The van der Waals surface area contributed by atoms with Crippen LogP contribution in [0.15, 0.2) is 57.9 Å². The van der Waals surface area contributed by atoms with Gasteiger partial charge in [0.2, 0.25) is 5.89 Å². The Morgan fingerprint density at radius 1 is 1.08 bits per heavy atom. The summed E-state index contributed by atoms with van der Waals surface area (Å²) in [6.45, 7) is 1.76.